The molecule has 2 aliphatic rings. The van der Waals surface area contributed by atoms with Crippen LogP contribution < -0.4 is 0 Å². The molecule has 0 unspecified atom stereocenters. The minimum absolute atomic E-state index is 0.110. The summed E-state index contributed by atoms with van der Waals surface area (Å²) in [5.74, 6) is 0. The molecule has 0 aliphatic heterocycles. The molecule has 11 rings (SSSR count). The van der Waals surface area contributed by atoms with Gasteiger partial charge >= 0.3 is 0 Å². The van der Waals surface area contributed by atoms with Gasteiger partial charge < -0.3 is 0 Å². The number of benzene rings is 8. The van der Waals surface area contributed by atoms with Gasteiger partial charge in [0.1, 0.15) is 0 Å². The number of aromatic nitrogens is 1. The Labute approximate surface area is 273 Å². The summed E-state index contributed by atoms with van der Waals surface area (Å²) in [4.78, 5) is 5.09. The summed E-state index contributed by atoms with van der Waals surface area (Å²) < 4.78 is 0. The summed E-state index contributed by atoms with van der Waals surface area (Å²) in [5.41, 5.74) is 14.3. The number of hydrogen-bond acceptors (Lipinski definition) is 1. The van der Waals surface area contributed by atoms with Crippen LogP contribution in [-0.4, -0.2) is 4.98 Å². The third kappa shape index (κ3) is 3.46. The minimum atomic E-state index is -0.110. The molecular formula is C46H29N. The maximum Gasteiger partial charge on any atom is 0.0709 e. The van der Waals surface area contributed by atoms with Gasteiger partial charge in [0.15, 0.2) is 0 Å². The van der Waals surface area contributed by atoms with Crippen LogP contribution in [0.25, 0.3) is 76.7 Å². The van der Waals surface area contributed by atoms with E-state index in [9.17, 15) is 0 Å². The van der Waals surface area contributed by atoms with Crippen LogP contribution in [0.3, 0.4) is 0 Å². The zero-order valence-electron chi connectivity index (χ0n) is 25.8. The summed E-state index contributed by atoms with van der Waals surface area (Å²) in [5, 5.41) is 9.16. The number of nitrogens with zero attached hydrogens (tertiary/aromatic N) is 1. The van der Waals surface area contributed by atoms with Crippen molar-refractivity contribution in [2.24, 2.45) is 0 Å². The van der Waals surface area contributed by atoms with Crippen molar-refractivity contribution in [1.82, 2.24) is 4.98 Å². The normalized spacial score (nSPS) is 14.4. The van der Waals surface area contributed by atoms with Gasteiger partial charge in [0.25, 0.3) is 0 Å². The quantitative estimate of drug-likeness (QED) is 0.181. The first-order chi connectivity index (χ1) is 23.2. The van der Waals surface area contributed by atoms with E-state index in [1.807, 2.05) is 0 Å². The van der Waals surface area contributed by atoms with Crippen LogP contribution in [-0.2, 0) is 18.3 Å². The molecule has 218 valence electrons. The van der Waals surface area contributed by atoms with Gasteiger partial charge in [0.05, 0.1) is 11.2 Å². The average Bonchev–Trinajstić information content (AvgIpc) is 3.65. The molecule has 0 N–H and O–H groups in total. The first kappa shape index (κ1) is 25.4. The molecule has 0 amide bonds. The molecule has 1 spiro atoms. The molecule has 0 saturated heterocycles. The highest BCUT2D eigenvalue weighted by molar-refractivity contribution is 6.25. The predicted molar refractivity (Wildman–Crippen MR) is 196 cm³/mol. The van der Waals surface area contributed by atoms with Crippen LogP contribution in [0.5, 0.6) is 0 Å². The second kappa shape index (κ2) is 9.15. The van der Waals surface area contributed by atoms with E-state index in [4.69, 9.17) is 4.98 Å². The largest absolute Gasteiger partial charge is 0.248 e. The van der Waals surface area contributed by atoms with E-state index in [1.54, 1.807) is 0 Å². The molecule has 0 fully saturated rings. The van der Waals surface area contributed by atoms with E-state index in [0.717, 1.165) is 24.1 Å². The SMILES string of the molecule is c1ccc2c(c1)CC1(C2)c2cc(-c3ccc4ccccc4n3)ccc2-c2ccc(-c3ccc4ccc5cccc6ccc3c4c56)cc21. The van der Waals surface area contributed by atoms with E-state index in [2.05, 4.69) is 152 Å². The lowest BCUT2D eigenvalue weighted by Crippen LogP contribution is -2.26. The number of para-hydroxylation sites is 1. The minimum Gasteiger partial charge on any atom is -0.248 e. The number of hydrogen-bond donors (Lipinski definition) is 0. The summed E-state index contributed by atoms with van der Waals surface area (Å²) in [6, 6.07) is 56.7. The Hall–Kier alpha value is -5.79. The van der Waals surface area contributed by atoms with Crippen molar-refractivity contribution in [2.75, 3.05) is 0 Å². The zero-order valence-corrected chi connectivity index (χ0v) is 25.8. The predicted octanol–water partition coefficient (Wildman–Crippen LogP) is 11.5. The third-order valence-electron chi connectivity index (χ3n) is 11.2. The maximum atomic E-state index is 5.09. The average molecular weight is 596 g/mol. The van der Waals surface area contributed by atoms with E-state index in [0.29, 0.717) is 0 Å². The van der Waals surface area contributed by atoms with Gasteiger partial charge in [-0.05, 0) is 114 Å². The lowest BCUT2D eigenvalue weighted by molar-refractivity contribution is 0.564. The fraction of sp³-hybridized carbons (Fsp3) is 0.0652. The van der Waals surface area contributed by atoms with Gasteiger partial charge in [-0.2, -0.15) is 0 Å². The van der Waals surface area contributed by atoms with E-state index in [1.165, 1.54) is 87.8 Å². The molecule has 0 bridgehead atoms. The molecule has 8 aromatic carbocycles. The smallest absolute Gasteiger partial charge is 0.0709 e. The van der Waals surface area contributed by atoms with Crippen molar-refractivity contribution in [1.29, 1.82) is 0 Å². The number of pyridine rings is 1. The summed E-state index contributed by atoms with van der Waals surface area (Å²) in [6.07, 6.45) is 2.03. The molecule has 9 aromatic rings. The molecule has 47 heavy (non-hydrogen) atoms. The first-order valence-corrected chi connectivity index (χ1v) is 16.6. The van der Waals surface area contributed by atoms with Gasteiger partial charge in [-0.25, -0.2) is 4.98 Å². The van der Waals surface area contributed by atoms with Crippen molar-refractivity contribution in [3.63, 3.8) is 0 Å². The van der Waals surface area contributed by atoms with Crippen LogP contribution in [0, 0.1) is 0 Å². The van der Waals surface area contributed by atoms with Crippen molar-refractivity contribution in [2.45, 2.75) is 18.3 Å². The monoisotopic (exact) mass is 595 g/mol. The summed E-state index contributed by atoms with van der Waals surface area (Å²) >= 11 is 0. The first-order valence-electron chi connectivity index (χ1n) is 16.6. The highest BCUT2D eigenvalue weighted by Crippen LogP contribution is 2.57. The van der Waals surface area contributed by atoms with Crippen molar-refractivity contribution < 1.29 is 0 Å². The van der Waals surface area contributed by atoms with Crippen LogP contribution in [0.4, 0.5) is 0 Å². The fourth-order valence-corrected chi connectivity index (χ4v) is 9.03. The van der Waals surface area contributed by atoms with Crippen LogP contribution >= 0.6 is 0 Å². The summed E-state index contributed by atoms with van der Waals surface area (Å²) in [7, 11) is 0. The third-order valence-corrected chi connectivity index (χ3v) is 11.2. The summed E-state index contributed by atoms with van der Waals surface area (Å²) in [6.45, 7) is 0. The molecule has 0 radical (unpaired) electrons. The van der Waals surface area contributed by atoms with Gasteiger partial charge in [0.2, 0.25) is 0 Å². The lowest BCUT2D eigenvalue weighted by Gasteiger charge is -2.28. The topological polar surface area (TPSA) is 12.9 Å². The fourth-order valence-electron chi connectivity index (χ4n) is 9.03. The van der Waals surface area contributed by atoms with Crippen molar-refractivity contribution in [3.8, 4) is 33.5 Å². The van der Waals surface area contributed by atoms with Crippen molar-refractivity contribution in [3.05, 3.63) is 174 Å². The van der Waals surface area contributed by atoms with E-state index in [-0.39, 0.29) is 5.41 Å². The molecule has 2 aliphatic carbocycles. The Morgan fingerprint density at radius 1 is 0.426 bits per heavy atom. The highest BCUT2D eigenvalue weighted by Gasteiger charge is 2.47. The Balaban J connectivity index is 1.12. The molecular weight excluding hydrogens is 567 g/mol. The van der Waals surface area contributed by atoms with Crippen LogP contribution in [0.1, 0.15) is 22.3 Å². The van der Waals surface area contributed by atoms with Crippen molar-refractivity contribution >= 4 is 43.2 Å². The Morgan fingerprint density at radius 2 is 1.00 bits per heavy atom. The number of fused-ring (bicyclic) bond motifs is 7. The van der Waals surface area contributed by atoms with Gasteiger partial charge in [0, 0.05) is 16.4 Å². The second-order valence-corrected chi connectivity index (χ2v) is 13.6. The molecule has 0 atom stereocenters. The van der Waals surface area contributed by atoms with Gasteiger partial charge in [-0.1, -0.05) is 127 Å². The molecule has 1 heterocycles. The lowest BCUT2D eigenvalue weighted by atomic mass is 9.74. The standard InChI is InChI=1S/C46H29N/c1-2-8-35-27-46(26-34(35)7-1)40-24-32(36-19-14-31-13-12-29-9-5-10-30-15-22-39(36)45(31)44(29)30)16-20-37(40)38-21-17-33(25-41(38)46)43-23-18-28-6-3-4-11-42(28)47-43/h1-25H,26-27H2. The Kier molecular flexibility index (Phi) is 4.94. The Bertz CT molecular complexity index is 2710. The van der Waals surface area contributed by atoms with E-state index < -0.39 is 0 Å². The highest BCUT2D eigenvalue weighted by atomic mass is 14.7. The van der Waals surface area contributed by atoms with Crippen LogP contribution in [0.15, 0.2) is 152 Å². The van der Waals surface area contributed by atoms with Gasteiger partial charge in [-0.15, -0.1) is 0 Å². The maximum absolute atomic E-state index is 5.09. The molecule has 1 aromatic heterocycles. The molecule has 0 saturated carbocycles. The molecule has 1 heteroatoms. The van der Waals surface area contributed by atoms with E-state index >= 15 is 0 Å². The van der Waals surface area contributed by atoms with Gasteiger partial charge in [-0.3, -0.25) is 0 Å². The second-order valence-electron chi connectivity index (χ2n) is 13.6. The number of rotatable bonds is 2. The Morgan fingerprint density at radius 3 is 1.79 bits per heavy atom. The molecule has 1 nitrogen and oxygen atoms in total. The van der Waals surface area contributed by atoms with Crippen LogP contribution in [0.2, 0.25) is 0 Å². The zero-order chi connectivity index (χ0) is 30.7.